The maximum Gasteiger partial charge on any atom is 0.326 e. The Morgan fingerprint density at radius 1 is 1.38 bits per heavy atom. The molecule has 0 aliphatic rings. The molecule has 0 unspecified atom stereocenters. The fourth-order valence-corrected chi connectivity index (χ4v) is 1.97. The van der Waals surface area contributed by atoms with Gasteiger partial charge in [-0.1, -0.05) is 17.7 Å². The van der Waals surface area contributed by atoms with Crippen LogP contribution < -0.4 is 16.0 Å². The van der Waals surface area contributed by atoms with Crippen molar-refractivity contribution in [2.75, 3.05) is 25.6 Å². The van der Waals surface area contributed by atoms with Gasteiger partial charge in [0.15, 0.2) is 0 Å². The number of carbonyl (C=O) groups excluding carboxylic acids is 2. The van der Waals surface area contributed by atoms with Gasteiger partial charge in [-0.2, -0.15) is 5.26 Å². The van der Waals surface area contributed by atoms with E-state index in [0.717, 1.165) is 6.42 Å². The third-order valence-electron chi connectivity index (χ3n) is 2.94. The number of nitriles is 1. The number of halogens is 1. The lowest BCUT2D eigenvalue weighted by Crippen LogP contribution is -2.36. The second-order valence-corrected chi connectivity index (χ2v) is 5.24. The fourth-order valence-electron chi connectivity index (χ4n) is 1.78. The van der Waals surface area contributed by atoms with E-state index in [-0.39, 0.29) is 5.57 Å². The van der Waals surface area contributed by atoms with E-state index in [1.165, 1.54) is 6.07 Å². The van der Waals surface area contributed by atoms with Gasteiger partial charge in [-0.15, -0.1) is 0 Å². The van der Waals surface area contributed by atoms with Crippen LogP contribution in [0.2, 0.25) is 5.02 Å². The summed E-state index contributed by atoms with van der Waals surface area (Å²) < 4.78 is 4.91. The van der Waals surface area contributed by atoms with Gasteiger partial charge in [0.1, 0.15) is 11.6 Å². The molecular weight excluding hydrogens is 332 g/mol. The summed E-state index contributed by atoms with van der Waals surface area (Å²) in [7, 11) is 1.59. The summed E-state index contributed by atoms with van der Waals surface area (Å²) >= 11 is 5.81. The molecule has 0 atom stereocenters. The third-order valence-corrected chi connectivity index (χ3v) is 3.17. The summed E-state index contributed by atoms with van der Waals surface area (Å²) in [6.45, 7) is 2.71. The van der Waals surface area contributed by atoms with Crippen LogP contribution in [0.25, 0.3) is 0 Å². The van der Waals surface area contributed by atoms with Crippen LogP contribution in [0.5, 0.6) is 0 Å². The molecule has 3 amide bonds. The first kappa shape index (κ1) is 19.5. The van der Waals surface area contributed by atoms with Crippen LogP contribution in [0.1, 0.15) is 13.3 Å². The standard InChI is InChI=1S/C16H19ClN4O3/c1-11(19-7-4-8-24-2)14(10-18)15(22)21-16(23)20-13-6-3-5-12(17)9-13/h3,5-6,9,19H,4,7-8H2,1-2H3,(H2,20,21,22,23)/b14-11+. The second-order valence-electron chi connectivity index (χ2n) is 4.80. The van der Waals surface area contributed by atoms with Gasteiger partial charge >= 0.3 is 6.03 Å². The molecule has 0 aliphatic carbocycles. The SMILES string of the molecule is COCCCN/C(C)=C(\C#N)C(=O)NC(=O)Nc1cccc(Cl)c1. The predicted molar refractivity (Wildman–Crippen MR) is 91.4 cm³/mol. The van der Waals surface area contributed by atoms with Crippen LogP contribution in [-0.4, -0.2) is 32.2 Å². The number of hydrogen-bond acceptors (Lipinski definition) is 5. The number of anilines is 1. The zero-order chi connectivity index (χ0) is 17.9. The molecule has 0 radical (unpaired) electrons. The Labute approximate surface area is 145 Å². The number of ether oxygens (including phenoxy) is 1. The van der Waals surface area contributed by atoms with E-state index in [9.17, 15) is 9.59 Å². The molecule has 3 N–H and O–H groups in total. The van der Waals surface area contributed by atoms with Gasteiger partial charge in [-0.25, -0.2) is 4.79 Å². The molecule has 0 aromatic heterocycles. The quantitative estimate of drug-likeness (QED) is 0.398. The summed E-state index contributed by atoms with van der Waals surface area (Å²) in [5.41, 5.74) is 0.667. The van der Waals surface area contributed by atoms with Gasteiger partial charge in [0.05, 0.1) is 0 Å². The Kier molecular flexibility index (Phi) is 8.33. The van der Waals surface area contributed by atoms with Crippen molar-refractivity contribution < 1.29 is 14.3 Å². The molecule has 0 heterocycles. The highest BCUT2D eigenvalue weighted by atomic mass is 35.5. The first-order valence-electron chi connectivity index (χ1n) is 7.19. The monoisotopic (exact) mass is 350 g/mol. The van der Waals surface area contributed by atoms with Crippen LogP contribution in [0.4, 0.5) is 10.5 Å². The molecule has 0 aliphatic heterocycles. The number of nitrogens with one attached hydrogen (secondary N) is 3. The normalized spacial score (nSPS) is 11.1. The highest BCUT2D eigenvalue weighted by Gasteiger charge is 2.16. The minimum atomic E-state index is -0.784. The largest absolute Gasteiger partial charge is 0.387 e. The molecule has 0 spiro atoms. The summed E-state index contributed by atoms with van der Waals surface area (Å²) in [4.78, 5) is 23.9. The lowest BCUT2D eigenvalue weighted by molar-refractivity contribution is -0.116. The molecule has 1 rings (SSSR count). The van der Waals surface area contributed by atoms with E-state index in [1.807, 2.05) is 0 Å². The Morgan fingerprint density at radius 2 is 2.12 bits per heavy atom. The number of carbonyl (C=O) groups is 2. The van der Waals surface area contributed by atoms with Crippen LogP contribution >= 0.6 is 11.6 Å². The van der Waals surface area contributed by atoms with Crippen molar-refractivity contribution in [3.05, 3.63) is 40.6 Å². The van der Waals surface area contributed by atoms with E-state index >= 15 is 0 Å². The molecule has 1 aromatic rings. The molecule has 7 nitrogen and oxygen atoms in total. The second kappa shape index (κ2) is 10.3. The van der Waals surface area contributed by atoms with Gasteiger partial charge < -0.3 is 15.4 Å². The van der Waals surface area contributed by atoms with Crippen molar-refractivity contribution in [3.8, 4) is 6.07 Å². The van der Waals surface area contributed by atoms with Gasteiger partial charge in [-0.05, 0) is 31.5 Å². The van der Waals surface area contributed by atoms with E-state index in [0.29, 0.717) is 29.6 Å². The average molecular weight is 351 g/mol. The minimum absolute atomic E-state index is 0.159. The zero-order valence-corrected chi connectivity index (χ0v) is 14.2. The maximum absolute atomic E-state index is 12.0. The van der Waals surface area contributed by atoms with E-state index in [4.69, 9.17) is 21.6 Å². The zero-order valence-electron chi connectivity index (χ0n) is 13.5. The predicted octanol–water partition coefficient (Wildman–Crippen LogP) is 2.41. The molecule has 1 aromatic carbocycles. The average Bonchev–Trinajstić information content (AvgIpc) is 2.52. The molecular formula is C16H19ClN4O3. The smallest absolute Gasteiger partial charge is 0.326 e. The van der Waals surface area contributed by atoms with Gasteiger partial charge in [-0.3, -0.25) is 10.1 Å². The number of rotatable bonds is 7. The highest BCUT2D eigenvalue weighted by molar-refractivity contribution is 6.30. The number of benzene rings is 1. The number of amides is 3. The Balaban J connectivity index is 2.62. The summed E-state index contributed by atoms with van der Waals surface area (Å²) in [6, 6.07) is 7.53. The molecule has 0 fully saturated rings. The number of allylic oxidation sites excluding steroid dienone is 1. The van der Waals surface area contributed by atoms with Crippen LogP contribution in [0.15, 0.2) is 35.5 Å². The van der Waals surface area contributed by atoms with Gasteiger partial charge in [0.25, 0.3) is 5.91 Å². The van der Waals surface area contributed by atoms with Gasteiger partial charge in [0.2, 0.25) is 0 Å². The lowest BCUT2D eigenvalue weighted by atomic mass is 10.2. The van der Waals surface area contributed by atoms with Crippen molar-refractivity contribution in [1.82, 2.24) is 10.6 Å². The number of imide groups is 1. The molecule has 0 saturated carbocycles. The van der Waals surface area contributed by atoms with Crippen molar-refractivity contribution >= 4 is 29.2 Å². The Bertz CT molecular complexity index is 668. The molecule has 0 bridgehead atoms. The van der Waals surface area contributed by atoms with Gasteiger partial charge in [0, 0.05) is 36.7 Å². The van der Waals surface area contributed by atoms with Crippen LogP contribution in [0.3, 0.4) is 0 Å². The molecule has 8 heteroatoms. The highest BCUT2D eigenvalue weighted by Crippen LogP contribution is 2.14. The topological polar surface area (TPSA) is 103 Å². The third kappa shape index (κ3) is 6.69. The molecule has 128 valence electrons. The molecule has 24 heavy (non-hydrogen) atoms. The van der Waals surface area contributed by atoms with E-state index < -0.39 is 11.9 Å². The van der Waals surface area contributed by atoms with E-state index in [1.54, 1.807) is 38.3 Å². The van der Waals surface area contributed by atoms with Crippen molar-refractivity contribution in [2.45, 2.75) is 13.3 Å². The fraction of sp³-hybridized carbons (Fsp3) is 0.312. The minimum Gasteiger partial charge on any atom is -0.387 e. The van der Waals surface area contributed by atoms with Crippen LogP contribution in [-0.2, 0) is 9.53 Å². The summed E-state index contributed by atoms with van der Waals surface area (Å²) in [5, 5.41) is 17.1. The first-order valence-corrected chi connectivity index (χ1v) is 7.57. The van der Waals surface area contributed by atoms with Crippen molar-refractivity contribution in [3.63, 3.8) is 0 Å². The number of methoxy groups -OCH3 is 1. The van der Waals surface area contributed by atoms with Crippen LogP contribution in [0, 0.1) is 11.3 Å². The molecule has 0 saturated heterocycles. The summed E-state index contributed by atoms with van der Waals surface area (Å²) in [5.74, 6) is -0.784. The van der Waals surface area contributed by atoms with E-state index in [2.05, 4.69) is 16.0 Å². The number of urea groups is 1. The number of nitrogens with zero attached hydrogens (tertiary/aromatic N) is 1. The van der Waals surface area contributed by atoms with Crippen molar-refractivity contribution in [1.29, 1.82) is 5.26 Å². The first-order chi connectivity index (χ1) is 11.5. The maximum atomic E-state index is 12.0. The lowest BCUT2D eigenvalue weighted by Gasteiger charge is -2.10. The number of hydrogen-bond donors (Lipinski definition) is 3. The Hall–Kier alpha value is -2.56. The summed E-state index contributed by atoms with van der Waals surface area (Å²) in [6.07, 6.45) is 0.726. The Morgan fingerprint density at radius 3 is 2.75 bits per heavy atom. The van der Waals surface area contributed by atoms with Crippen molar-refractivity contribution in [2.24, 2.45) is 0 Å².